The highest BCUT2D eigenvalue weighted by atomic mass is 35.5. The summed E-state index contributed by atoms with van der Waals surface area (Å²) in [6.07, 6.45) is -5.75. The molecule has 2 bridgehead atoms. The van der Waals surface area contributed by atoms with Crippen LogP contribution in [0.5, 0.6) is 0 Å². The van der Waals surface area contributed by atoms with Gasteiger partial charge in [-0.1, -0.05) is 60.3 Å². The molecule has 2 heterocycles. The maximum atomic E-state index is 13.9. The van der Waals surface area contributed by atoms with Crippen molar-refractivity contribution < 1.29 is 53.0 Å². The molecule has 0 radical (unpaired) electrons. The van der Waals surface area contributed by atoms with Crippen molar-refractivity contribution in [2.24, 2.45) is 34.5 Å². The van der Waals surface area contributed by atoms with Crippen LogP contribution in [-0.2, 0) is 42.8 Å². The molecular formula is C27H36Cl4O11. The van der Waals surface area contributed by atoms with E-state index in [0.717, 1.165) is 0 Å². The van der Waals surface area contributed by atoms with E-state index in [2.05, 4.69) is 0 Å². The molecule has 3 aliphatic carbocycles. The third kappa shape index (κ3) is 4.59. The van der Waals surface area contributed by atoms with Crippen molar-refractivity contribution in [3.63, 3.8) is 0 Å². The highest BCUT2D eigenvalue weighted by Gasteiger charge is 2.84. The van der Waals surface area contributed by atoms with E-state index in [1.165, 1.54) is 7.11 Å². The molecule has 0 aromatic carbocycles. The molecule has 5 aliphatic rings. The van der Waals surface area contributed by atoms with Crippen LogP contribution >= 0.6 is 46.4 Å². The predicted molar refractivity (Wildman–Crippen MR) is 148 cm³/mol. The summed E-state index contributed by atoms with van der Waals surface area (Å²) in [6.45, 7) is 5.88. The SMILES string of the molecule is CCO[C@@H]1C[C@H]2[C@]3(C(=O)OC)OC[C@@]24[C@H]([C@@H](OC(=O)C(Cl)Cl)[C@@H]3OC(=O)C(Cl)Cl)[C@@]2(C)C[C@H](O)[C@H](O)[C@@H](C)[C@@H]2C[C@H]4O1. The van der Waals surface area contributed by atoms with E-state index < -0.39 is 98.6 Å². The third-order valence-corrected chi connectivity index (χ3v) is 11.4. The summed E-state index contributed by atoms with van der Waals surface area (Å²) >= 11 is 23.6. The second kappa shape index (κ2) is 11.6. The van der Waals surface area contributed by atoms with Gasteiger partial charge in [0.05, 0.1) is 32.0 Å². The van der Waals surface area contributed by atoms with Crippen LogP contribution in [0.1, 0.15) is 40.0 Å². The fraction of sp³-hybridized carbons (Fsp3) is 0.889. The van der Waals surface area contributed by atoms with E-state index in [1.807, 2.05) is 20.8 Å². The number of methoxy groups -OCH3 is 1. The Balaban J connectivity index is 1.78. The van der Waals surface area contributed by atoms with Crippen molar-refractivity contribution in [3.8, 4) is 0 Å². The van der Waals surface area contributed by atoms with E-state index in [9.17, 15) is 24.6 Å². The van der Waals surface area contributed by atoms with Gasteiger partial charge in [0.2, 0.25) is 15.3 Å². The fourth-order valence-corrected chi connectivity index (χ4v) is 9.50. The number of carbonyl (C=O) groups is 3. The quantitative estimate of drug-likeness (QED) is 0.233. The smallest absolute Gasteiger partial charge is 0.342 e. The van der Waals surface area contributed by atoms with Crippen LogP contribution in [0.4, 0.5) is 0 Å². The van der Waals surface area contributed by atoms with Gasteiger partial charge in [0.1, 0.15) is 6.10 Å². The average Bonchev–Trinajstić information content (AvgIpc) is 3.20. The number of alkyl halides is 4. The van der Waals surface area contributed by atoms with Crippen LogP contribution in [0.2, 0.25) is 0 Å². The number of carbonyl (C=O) groups excluding carboxylic acids is 3. The summed E-state index contributed by atoms with van der Waals surface area (Å²) in [7, 11) is 1.17. The van der Waals surface area contributed by atoms with E-state index in [-0.39, 0.29) is 25.4 Å². The van der Waals surface area contributed by atoms with E-state index in [4.69, 9.17) is 74.8 Å². The van der Waals surface area contributed by atoms with Gasteiger partial charge in [0.15, 0.2) is 12.4 Å². The molecule has 13 atom stereocenters. The number of rotatable bonds is 7. The van der Waals surface area contributed by atoms with E-state index >= 15 is 0 Å². The Hall–Kier alpha value is -0.630. The van der Waals surface area contributed by atoms with Crippen molar-refractivity contribution in [1.82, 2.24) is 0 Å². The molecule has 0 aromatic heterocycles. The van der Waals surface area contributed by atoms with Gasteiger partial charge in [0, 0.05) is 30.3 Å². The maximum absolute atomic E-state index is 13.9. The minimum Gasteiger partial charge on any atom is -0.467 e. The Morgan fingerprint density at radius 1 is 1.05 bits per heavy atom. The summed E-state index contributed by atoms with van der Waals surface area (Å²) in [5.41, 5.74) is -3.82. The topological polar surface area (TPSA) is 147 Å². The van der Waals surface area contributed by atoms with Gasteiger partial charge in [0.25, 0.3) is 0 Å². The van der Waals surface area contributed by atoms with Crippen LogP contribution in [-0.4, -0.2) is 101 Å². The van der Waals surface area contributed by atoms with Crippen LogP contribution in [0.25, 0.3) is 0 Å². The number of esters is 3. The minimum atomic E-state index is -1.97. The van der Waals surface area contributed by atoms with Crippen molar-refractivity contribution in [1.29, 1.82) is 0 Å². The molecule has 2 aliphatic heterocycles. The van der Waals surface area contributed by atoms with Gasteiger partial charge in [-0.25, -0.2) is 14.4 Å². The van der Waals surface area contributed by atoms with Crippen LogP contribution < -0.4 is 0 Å². The standard InChI is InChI=1S/C27H36Cl4O11/c1-5-38-15-7-13-26-9-39-27(13,24(36)37-4)19(42-23(35)21(30)31)17(41-22(34)20(28)29)18(26)25(3)8-12(32)16(33)10(2)11(25)6-14(26)40-15/h10-21,32-33H,5-9H2,1-4H3/t10-,11-,12-,13+,14+,15-,16+,17+,18+,19-,25-,26+,27-/m0/s1. The summed E-state index contributed by atoms with van der Waals surface area (Å²) in [5.74, 6) is -5.12. The molecule has 238 valence electrons. The zero-order valence-electron chi connectivity index (χ0n) is 23.5. The number of hydrogen-bond acceptors (Lipinski definition) is 11. The number of aliphatic hydroxyl groups excluding tert-OH is 2. The molecule has 1 spiro atoms. The largest absolute Gasteiger partial charge is 0.467 e. The summed E-state index contributed by atoms with van der Waals surface area (Å²) in [5, 5.41) is 22.0. The lowest BCUT2D eigenvalue weighted by Gasteiger charge is -2.69. The summed E-state index contributed by atoms with van der Waals surface area (Å²) < 4.78 is 36.0. The lowest BCUT2D eigenvalue weighted by atomic mass is 9.37. The van der Waals surface area contributed by atoms with Gasteiger partial charge < -0.3 is 38.6 Å². The predicted octanol–water partition coefficient (Wildman–Crippen LogP) is 2.53. The first-order chi connectivity index (χ1) is 19.7. The Bertz CT molecular complexity index is 1090. The Labute approximate surface area is 263 Å². The molecule has 3 saturated carbocycles. The normalized spacial score (nSPS) is 47.4. The lowest BCUT2D eigenvalue weighted by molar-refractivity contribution is -0.339. The molecule has 0 unspecified atom stereocenters. The minimum absolute atomic E-state index is 0.0469. The zero-order chi connectivity index (χ0) is 30.9. The first kappa shape index (κ1) is 32.8. The van der Waals surface area contributed by atoms with Crippen molar-refractivity contribution >= 4 is 64.3 Å². The number of fused-ring (bicyclic) bond motifs is 2. The second-order valence-corrected chi connectivity index (χ2v) is 14.5. The maximum Gasteiger partial charge on any atom is 0.342 e. The number of ether oxygens (including phenoxy) is 6. The highest BCUT2D eigenvalue weighted by Crippen LogP contribution is 2.74. The molecule has 2 saturated heterocycles. The van der Waals surface area contributed by atoms with Gasteiger partial charge in [-0.15, -0.1) is 0 Å². The third-order valence-electron chi connectivity index (χ3n) is 10.7. The van der Waals surface area contributed by atoms with Crippen LogP contribution in [0.15, 0.2) is 0 Å². The molecule has 11 nitrogen and oxygen atoms in total. The molecule has 5 fully saturated rings. The number of aliphatic hydroxyl groups is 2. The molecule has 42 heavy (non-hydrogen) atoms. The molecule has 0 aromatic rings. The average molecular weight is 678 g/mol. The number of halogens is 4. The molecule has 2 N–H and O–H groups in total. The summed E-state index contributed by atoms with van der Waals surface area (Å²) in [6, 6.07) is 0. The first-order valence-corrected chi connectivity index (χ1v) is 15.8. The lowest BCUT2D eigenvalue weighted by Crippen LogP contribution is -2.78. The number of hydrogen-bond donors (Lipinski definition) is 2. The van der Waals surface area contributed by atoms with Crippen molar-refractivity contribution in [2.75, 3.05) is 20.3 Å². The Morgan fingerprint density at radius 2 is 1.69 bits per heavy atom. The van der Waals surface area contributed by atoms with Crippen LogP contribution in [0.3, 0.4) is 0 Å². The highest BCUT2D eigenvalue weighted by molar-refractivity contribution is 6.53. The van der Waals surface area contributed by atoms with Crippen molar-refractivity contribution in [2.45, 2.75) is 92.1 Å². The van der Waals surface area contributed by atoms with Crippen molar-refractivity contribution in [3.05, 3.63) is 0 Å². The second-order valence-electron chi connectivity index (χ2n) is 12.3. The fourth-order valence-electron chi connectivity index (χ4n) is 9.29. The monoisotopic (exact) mass is 676 g/mol. The summed E-state index contributed by atoms with van der Waals surface area (Å²) in [4.78, 5) is 36.7. The van der Waals surface area contributed by atoms with E-state index in [1.54, 1.807) is 0 Å². The molecule has 15 heteroatoms. The van der Waals surface area contributed by atoms with Gasteiger partial charge in [-0.3, -0.25) is 0 Å². The van der Waals surface area contributed by atoms with E-state index in [0.29, 0.717) is 13.0 Å². The molecular weight excluding hydrogens is 642 g/mol. The molecule has 0 amide bonds. The van der Waals surface area contributed by atoms with Gasteiger partial charge in [-0.2, -0.15) is 0 Å². The van der Waals surface area contributed by atoms with Gasteiger partial charge >= 0.3 is 17.9 Å². The Kier molecular flexibility index (Phi) is 9.07. The van der Waals surface area contributed by atoms with Crippen LogP contribution in [0, 0.1) is 34.5 Å². The molecule has 5 rings (SSSR count). The zero-order valence-corrected chi connectivity index (χ0v) is 26.6. The van der Waals surface area contributed by atoms with Gasteiger partial charge in [-0.05, 0) is 37.0 Å². The Morgan fingerprint density at radius 3 is 2.29 bits per heavy atom. The first-order valence-electron chi connectivity index (χ1n) is 14.0.